The fraction of sp³-hybridized carbons (Fsp3) is 0.714. The largest absolute Gasteiger partial charge is 0.412 e. The third-order valence-corrected chi connectivity index (χ3v) is 2.46. The number of hydrogen-bond acceptors (Lipinski definition) is 1. The second kappa shape index (κ2) is 10.0. The first kappa shape index (κ1) is 19.4. The van der Waals surface area contributed by atoms with Crippen molar-refractivity contribution in [2.45, 2.75) is 53.6 Å². The monoisotopic (exact) mass is 265 g/mol. The first-order valence-corrected chi connectivity index (χ1v) is 6.63. The fourth-order valence-corrected chi connectivity index (χ4v) is 1.38. The second-order valence-electron chi connectivity index (χ2n) is 3.36. The van der Waals surface area contributed by atoms with E-state index >= 15 is 0 Å². The van der Waals surface area contributed by atoms with E-state index in [0.29, 0.717) is 6.42 Å². The number of nitrogens with zero attached hydrogens (tertiary/aromatic N) is 1. The predicted octanol–water partition coefficient (Wildman–Crippen LogP) is 5.16. The van der Waals surface area contributed by atoms with E-state index in [2.05, 4.69) is 0 Å². The van der Waals surface area contributed by atoms with E-state index in [4.69, 9.17) is 0 Å². The summed E-state index contributed by atoms with van der Waals surface area (Å²) in [5, 5.41) is 0. The minimum atomic E-state index is -4.16. The van der Waals surface area contributed by atoms with Crippen molar-refractivity contribution in [3.63, 3.8) is 0 Å². The van der Waals surface area contributed by atoms with Crippen LogP contribution in [-0.2, 0) is 0 Å². The van der Waals surface area contributed by atoms with E-state index in [1.54, 1.807) is 6.08 Å². The SMILES string of the molecule is CC.CC.CCN(C)C1=CC=C(C(F)(F)F)CC1. The molecule has 0 unspecified atom stereocenters. The van der Waals surface area contributed by atoms with Gasteiger partial charge in [0.1, 0.15) is 0 Å². The molecule has 4 heteroatoms. The minimum Gasteiger partial charge on any atom is -0.378 e. The lowest BCUT2D eigenvalue weighted by molar-refractivity contribution is -0.0942. The summed E-state index contributed by atoms with van der Waals surface area (Å²) in [4.78, 5) is 1.96. The predicted molar refractivity (Wildman–Crippen MR) is 72.5 cm³/mol. The maximum Gasteiger partial charge on any atom is 0.412 e. The Morgan fingerprint density at radius 2 is 1.56 bits per heavy atom. The summed E-state index contributed by atoms with van der Waals surface area (Å²) in [6.45, 7) is 10.8. The number of rotatable bonds is 2. The summed E-state index contributed by atoms with van der Waals surface area (Å²) in [7, 11) is 1.89. The average molecular weight is 265 g/mol. The van der Waals surface area contributed by atoms with Crippen molar-refractivity contribution in [2.75, 3.05) is 13.6 Å². The molecule has 1 rings (SSSR count). The van der Waals surface area contributed by atoms with Crippen molar-refractivity contribution in [3.05, 3.63) is 23.4 Å². The van der Waals surface area contributed by atoms with Crippen LogP contribution in [0.1, 0.15) is 47.5 Å². The molecule has 0 heterocycles. The van der Waals surface area contributed by atoms with Crippen LogP contribution in [0, 0.1) is 0 Å². The van der Waals surface area contributed by atoms with E-state index in [1.807, 2.05) is 46.6 Å². The highest BCUT2D eigenvalue weighted by atomic mass is 19.4. The normalized spacial score (nSPS) is 14.3. The molecular weight excluding hydrogens is 239 g/mol. The summed E-state index contributed by atoms with van der Waals surface area (Å²) < 4.78 is 36.7. The maximum absolute atomic E-state index is 12.2. The molecule has 0 atom stereocenters. The van der Waals surface area contributed by atoms with Gasteiger partial charge in [-0.3, -0.25) is 0 Å². The molecule has 1 aliphatic carbocycles. The van der Waals surface area contributed by atoms with Gasteiger partial charge in [-0.05, 0) is 25.8 Å². The van der Waals surface area contributed by atoms with Gasteiger partial charge in [-0.25, -0.2) is 0 Å². The van der Waals surface area contributed by atoms with E-state index in [1.165, 1.54) is 6.08 Å². The van der Waals surface area contributed by atoms with Crippen LogP contribution in [0.25, 0.3) is 0 Å². The third-order valence-electron chi connectivity index (χ3n) is 2.46. The Bertz CT molecular complexity index is 265. The second-order valence-corrected chi connectivity index (χ2v) is 3.36. The number of allylic oxidation sites excluding steroid dienone is 4. The molecule has 0 radical (unpaired) electrons. The quantitative estimate of drug-likeness (QED) is 0.667. The van der Waals surface area contributed by atoms with Gasteiger partial charge in [0.2, 0.25) is 0 Å². The van der Waals surface area contributed by atoms with Gasteiger partial charge in [-0.1, -0.05) is 33.8 Å². The molecule has 0 spiro atoms. The van der Waals surface area contributed by atoms with Crippen LogP contribution >= 0.6 is 0 Å². The van der Waals surface area contributed by atoms with Crippen molar-refractivity contribution in [2.24, 2.45) is 0 Å². The van der Waals surface area contributed by atoms with Crippen LogP contribution in [-0.4, -0.2) is 24.7 Å². The molecule has 108 valence electrons. The molecule has 0 saturated heterocycles. The zero-order valence-corrected chi connectivity index (χ0v) is 12.4. The number of hydrogen-bond donors (Lipinski definition) is 0. The molecule has 0 aromatic carbocycles. The lowest BCUT2D eigenvalue weighted by atomic mass is 10.0. The van der Waals surface area contributed by atoms with Crippen molar-refractivity contribution in [1.82, 2.24) is 4.90 Å². The van der Waals surface area contributed by atoms with Gasteiger partial charge >= 0.3 is 6.18 Å². The Hall–Kier alpha value is -0.930. The molecule has 0 amide bonds. The first-order chi connectivity index (χ1) is 8.45. The van der Waals surface area contributed by atoms with Crippen LogP contribution < -0.4 is 0 Å². The van der Waals surface area contributed by atoms with Crippen LogP contribution in [0.3, 0.4) is 0 Å². The summed E-state index contributed by atoms with van der Waals surface area (Å²) in [6, 6.07) is 0. The minimum absolute atomic E-state index is 0.0969. The molecule has 0 aromatic rings. The van der Waals surface area contributed by atoms with Crippen molar-refractivity contribution in [1.29, 1.82) is 0 Å². The maximum atomic E-state index is 12.2. The van der Waals surface area contributed by atoms with Gasteiger partial charge in [-0.2, -0.15) is 13.2 Å². The van der Waals surface area contributed by atoms with Gasteiger partial charge in [0, 0.05) is 24.9 Å². The standard InChI is InChI=1S/C10H14F3N.2C2H6/c1-3-14(2)9-6-4-8(5-7-9)10(11,12)13;2*1-2/h4,6H,3,5,7H2,1-2H3;2*1-2H3. The highest BCUT2D eigenvalue weighted by Crippen LogP contribution is 2.33. The summed E-state index contributed by atoms with van der Waals surface area (Å²) in [5.41, 5.74) is 0.547. The van der Waals surface area contributed by atoms with Crippen molar-refractivity contribution in [3.8, 4) is 0 Å². The smallest absolute Gasteiger partial charge is 0.378 e. The van der Waals surface area contributed by atoms with Gasteiger partial charge in [0.25, 0.3) is 0 Å². The van der Waals surface area contributed by atoms with Gasteiger partial charge in [0.05, 0.1) is 0 Å². The lowest BCUT2D eigenvalue weighted by Crippen LogP contribution is -2.21. The molecule has 0 saturated carbocycles. The van der Waals surface area contributed by atoms with E-state index in [9.17, 15) is 13.2 Å². The Labute approximate surface area is 109 Å². The molecule has 1 nitrogen and oxygen atoms in total. The number of alkyl halides is 3. The zero-order chi connectivity index (χ0) is 14.8. The molecule has 18 heavy (non-hydrogen) atoms. The topological polar surface area (TPSA) is 3.24 Å². The zero-order valence-electron chi connectivity index (χ0n) is 12.4. The molecule has 0 N–H and O–H groups in total. The first-order valence-electron chi connectivity index (χ1n) is 6.63. The summed E-state index contributed by atoms with van der Waals surface area (Å²) >= 11 is 0. The number of halogens is 3. The van der Waals surface area contributed by atoms with Crippen molar-refractivity contribution >= 4 is 0 Å². The average Bonchev–Trinajstić information content (AvgIpc) is 2.41. The van der Waals surface area contributed by atoms with Crippen LogP contribution in [0.2, 0.25) is 0 Å². The van der Waals surface area contributed by atoms with Gasteiger partial charge in [0.15, 0.2) is 0 Å². The van der Waals surface area contributed by atoms with Gasteiger partial charge < -0.3 is 4.90 Å². The third kappa shape index (κ3) is 6.72. The van der Waals surface area contributed by atoms with Crippen LogP contribution in [0.5, 0.6) is 0 Å². The molecular formula is C14H26F3N. The van der Waals surface area contributed by atoms with Crippen LogP contribution in [0.4, 0.5) is 13.2 Å². The lowest BCUT2D eigenvalue weighted by Gasteiger charge is -2.24. The summed E-state index contributed by atoms with van der Waals surface area (Å²) in [5.74, 6) is 0. The van der Waals surface area contributed by atoms with E-state index in [-0.39, 0.29) is 6.42 Å². The molecule has 1 aliphatic rings. The summed E-state index contributed by atoms with van der Waals surface area (Å²) in [6.07, 6.45) is -0.830. The van der Waals surface area contributed by atoms with Crippen molar-refractivity contribution < 1.29 is 13.2 Å². The highest BCUT2D eigenvalue weighted by molar-refractivity contribution is 5.25. The van der Waals surface area contributed by atoms with Gasteiger partial charge in [-0.15, -0.1) is 0 Å². The Morgan fingerprint density at radius 3 is 1.83 bits per heavy atom. The Balaban J connectivity index is 0. The fourth-order valence-electron chi connectivity index (χ4n) is 1.38. The Morgan fingerprint density at radius 1 is 1.06 bits per heavy atom. The molecule has 0 aromatic heterocycles. The Kier molecular flexibility index (Phi) is 10.8. The molecule has 0 bridgehead atoms. The molecule has 0 fully saturated rings. The van der Waals surface area contributed by atoms with E-state index < -0.39 is 11.7 Å². The molecule has 0 aliphatic heterocycles. The highest BCUT2D eigenvalue weighted by Gasteiger charge is 2.33. The van der Waals surface area contributed by atoms with E-state index in [0.717, 1.165) is 12.2 Å². The van der Waals surface area contributed by atoms with Crippen LogP contribution in [0.15, 0.2) is 23.4 Å².